The van der Waals surface area contributed by atoms with Gasteiger partial charge in [-0.25, -0.2) is 15.0 Å². The standard InChI is InChI=1S/C20H15N7OS/c28-19(23-11-14-4-6-21-7-5-14)17-16-3-1-2-9-27(16)18(25-17)15-12-26(13-24-15)20-22-8-10-29-20/h1-10,12-13H,11H2,(H,23,28). The highest BCUT2D eigenvalue weighted by Gasteiger charge is 2.19. The molecule has 0 bridgehead atoms. The Morgan fingerprint density at radius 2 is 2.00 bits per heavy atom. The van der Waals surface area contributed by atoms with Gasteiger partial charge in [0.15, 0.2) is 16.6 Å². The highest BCUT2D eigenvalue weighted by molar-refractivity contribution is 7.12. The van der Waals surface area contributed by atoms with E-state index in [1.165, 1.54) is 11.3 Å². The summed E-state index contributed by atoms with van der Waals surface area (Å²) >= 11 is 1.52. The maximum absolute atomic E-state index is 12.8. The first-order chi connectivity index (χ1) is 14.3. The maximum Gasteiger partial charge on any atom is 0.272 e. The van der Waals surface area contributed by atoms with Crippen LogP contribution in [-0.2, 0) is 6.54 Å². The van der Waals surface area contributed by atoms with Crippen molar-refractivity contribution in [2.45, 2.75) is 6.54 Å². The third-order valence-electron chi connectivity index (χ3n) is 4.42. The molecule has 5 rings (SSSR count). The van der Waals surface area contributed by atoms with Gasteiger partial charge in [0.2, 0.25) is 0 Å². The number of hydrogen-bond donors (Lipinski definition) is 1. The fourth-order valence-electron chi connectivity index (χ4n) is 3.04. The van der Waals surface area contributed by atoms with Gasteiger partial charge in [0, 0.05) is 42.9 Å². The van der Waals surface area contributed by atoms with Crippen LogP contribution in [0.3, 0.4) is 0 Å². The summed E-state index contributed by atoms with van der Waals surface area (Å²) in [4.78, 5) is 30.2. The number of nitrogens with zero attached hydrogens (tertiary/aromatic N) is 6. The van der Waals surface area contributed by atoms with Crippen LogP contribution in [0.4, 0.5) is 0 Å². The Morgan fingerprint density at radius 1 is 1.10 bits per heavy atom. The van der Waals surface area contributed by atoms with Crippen LogP contribution in [0.25, 0.3) is 22.2 Å². The lowest BCUT2D eigenvalue weighted by Gasteiger charge is -2.03. The Morgan fingerprint density at radius 3 is 2.83 bits per heavy atom. The summed E-state index contributed by atoms with van der Waals surface area (Å²) in [6.45, 7) is 0.404. The molecule has 8 nitrogen and oxygen atoms in total. The number of amides is 1. The van der Waals surface area contributed by atoms with Gasteiger partial charge in [0.25, 0.3) is 5.91 Å². The topological polar surface area (TPSA) is 90.0 Å². The molecule has 0 fully saturated rings. The monoisotopic (exact) mass is 401 g/mol. The first-order valence-corrected chi connectivity index (χ1v) is 9.76. The van der Waals surface area contributed by atoms with Crippen LogP contribution in [0.5, 0.6) is 0 Å². The minimum Gasteiger partial charge on any atom is -0.347 e. The molecule has 5 heterocycles. The SMILES string of the molecule is O=C(NCc1ccncc1)c1nc(-c2cn(-c3nccs3)cn2)n2ccccc12. The molecule has 0 aliphatic carbocycles. The fraction of sp³-hybridized carbons (Fsp3) is 0.0500. The number of rotatable bonds is 5. The highest BCUT2D eigenvalue weighted by Crippen LogP contribution is 2.23. The number of pyridine rings is 2. The Hall–Kier alpha value is -3.85. The molecule has 142 valence electrons. The first kappa shape index (κ1) is 17.3. The predicted molar refractivity (Wildman–Crippen MR) is 109 cm³/mol. The lowest BCUT2D eigenvalue weighted by molar-refractivity contribution is 0.0948. The number of aromatic nitrogens is 6. The summed E-state index contributed by atoms with van der Waals surface area (Å²) in [5, 5.41) is 5.65. The molecule has 29 heavy (non-hydrogen) atoms. The van der Waals surface area contributed by atoms with E-state index in [9.17, 15) is 4.79 Å². The Kier molecular flexibility index (Phi) is 4.34. The molecule has 0 spiro atoms. The second kappa shape index (κ2) is 7.28. The van der Waals surface area contributed by atoms with Gasteiger partial charge >= 0.3 is 0 Å². The van der Waals surface area contributed by atoms with Crippen LogP contribution in [-0.4, -0.2) is 34.8 Å². The molecule has 0 aliphatic rings. The van der Waals surface area contributed by atoms with Crippen LogP contribution in [0.15, 0.2) is 73.0 Å². The Bertz CT molecular complexity index is 1270. The number of nitrogens with one attached hydrogen (secondary N) is 1. The molecular formula is C20H15N7OS. The van der Waals surface area contributed by atoms with Crippen molar-refractivity contribution in [2.24, 2.45) is 0 Å². The van der Waals surface area contributed by atoms with E-state index in [-0.39, 0.29) is 5.91 Å². The first-order valence-electron chi connectivity index (χ1n) is 8.88. The number of fused-ring (bicyclic) bond motifs is 1. The number of imidazole rings is 2. The summed E-state index contributed by atoms with van der Waals surface area (Å²) in [5.74, 6) is 0.362. The molecule has 0 saturated carbocycles. The third kappa shape index (κ3) is 3.27. The molecular weight excluding hydrogens is 386 g/mol. The van der Waals surface area contributed by atoms with Gasteiger partial charge in [0.1, 0.15) is 12.0 Å². The minimum absolute atomic E-state index is 0.240. The molecule has 0 saturated heterocycles. The molecule has 1 N–H and O–H groups in total. The summed E-state index contributed by atoms with van der Waals surface area (Å²) in [6, 6.07) is 9.38. The van der Waals surface area contributed by atoms with E-state index in [0.717, 1.165) is 16.2 Å². The van der Waals surface area contributed by atoms with Crippen molar-refractivity contribution >= 4 is 22.8 Å². The average molecular weight is 401 g/mol. The molecule has 5 aromatic rings. The quantitative estimate of drug-likeness (QED) is 0.489. The molecule has 1 amide bonds. The van der Waals surface area contributed by atoms with Gasteiger partial charge in [-0.2, -0.15) is 0 Å². The van der Waals surface area contributed by atoms with Gasteiger partial charge in [0.05, 0.1) is 5.52 Å². The van der Waals surface area contributed by atoms with Crippen molar-refractivity contribution in [3.63, 3.8) is 0 Å². The molecule has 0 unspecified atom stereocenters. The van der Waals surface area contributed by atoms with Crippen molar-refractivity contribution in [3.8, 4) is 16.6 Å². The maximum atomic E-state index is 12.8. The van der Waals surface area contributed by atoms with Crippen LogP contribution in [0, 0.1) is 0 Å². The molecule has 0 aliphatic heterocycles. The molecule has 5 aromatic heterocycles. The van der Waals surface area contributed by atoms with Crippen LogP contribution >= 0.6 is 11.3 Å². The zero-order chi connectivity index (χ0) is 19.6. The van der Waals surface area contributed by atoms with E-state index < -0.39 is 0 Å². The van der Waals surface area contributed by atoms with Crippen LogP contribution < -0.4 is 5.32 Å². The van der Waals surface area contributed by atoms with Gasteiger partial charge in [-0.15, -0.1) is 11.3 Å². The largest absolute Gasteiger partial charge is 0.347 e. The number of thiazole rings is 1. The van der Waals surface area contributed by atoms with Crippen molar-refractivity contribution in [1.29, 1.82) is 0 Å². The highest BCUT2D eigenvalue weighted by atomic mass is 32.1. The molecule has 0 radical (unpaired) electrons. The number of carbonyl (C=O) groups excluding carboxylic acids is 1. The zero-order valence-electron chi connectivity index (χ0n) is 15.1. The fourth-order valence-corrected chi connectivity index (χ4v) is 3.63. The van der Waals surface area contributed by atoms with Crippen molar-refractivity contribution < 1.29 is 4.79 Å². The van der Waals surface area contributed by atoms with Crippen molar-refractivity contribution in [1.82, 2.24) is 34.2 Å². The predicted octanol–water partition coefficient (Wildman–Crippen LogP) is 2.97. The lowest BCUT2D eigenvalue weighted by Crippen LogP contribution is -2.23. The Labute approximate surface area is 169 Å². The summed E-state index contributed by atoms with van der Waals surface area (Å²) in [7, 11) is 0. The third-order valence-corrected chi connectivity index (χ3v) is 5.20. The van der Waals surface area contributed by atoms with E-state index in [1.54, 1.807) is 24.9 Å². The summed E-state index contributed by atoms with van der Waals surface area (Å²) in [5.41, 5.74) is 2.71. The van der Waals surface area contributed by atoms with Gasteiger partial charge < -0.3 is 5.32 Å². The van der Waals surface area contributed by atoms with Gasteiger partial charge in [-0.3, -0.25) is 18.7 Å². The smallest absolute Gasteiger partial charge is 0.272 e. The van der Waals surface area contributed by atoms with Crippen LogP contribution in [0.2, 0.25) is 0 Å². The van der Waals surface area contributed by atoms with E-state index in [1.807, 2.05) is 57.1 Å². The molecule has 9 heteroatoms. The van der Waals surface area contributed by atoms with Crippen molar-refractivity contribution in [3.05, 3.63) is 84.3 Å². The summed E-state index contributed by atoms with van der Waals surface area (Å²) < 4.78 is 3.71. The lowest BCUT2D eigenvalue weighted by atomic mass is 10.2. The minimum atomic E-state index is -0.240. The van der Waals surface area contributed by atoms with Crippen molar-refractivity contribution in [2.75, 3.05) is 0 Å². The molecule has 0 atom stereocenters. The number of hydrogen-bond acceptors (Lipinski definition) is 6. The normalized spacial score (nSPS) is 11.0. The van der Waals surface area contributed by atoms with Crippen LogP contribution in [0.1, 0.15) is 16.1 Å². The van der Waals surface area contributed by atoms with E-state index in [2.05, 4.69) is 25.3 Å². The average Bonchev–Trinajstić information content (AvgIpc) is 3.51. The Balaban J connectivity index is 1.49. The molecule has 0 aromatic carbocycles. The van der Waals surface area contributed by atoms with E-state index >= 15 is 0 Å². The second-order valence-electron chi connectivity index (χ2n) is 6.26. The van der Waals surface area contributed by atoms with Gasteiger partial charge in [-0.1, -0.05) is 6.07 Å². The van der Waals surface area contributed by atoms with E-state index in [0.29, 0.717) is 23.8 Å². The van der Waals surface area contributed by atoms with E-state index in [4.69, 9.17) is 0 Å². The summed E-state index contributed by atoms with van der Waals surface area (Å²) in [6.07, 6.45) is 10.6. The van der Waals surface area contributed by atoms with Gasteiger partial charge in [-0.05, 0) is 29.8 Å². The zero-order valence-corrected chi connectivity index (χ0v) is 16.0. The number of carbonyl (C=O) groups is 1. The second-order valence-corrected chi connectivity index (χ2v) is 7.13.